The number of carbonyl (C=O) groups excluding carboxylic acids is 1. The van der Waals surface area contributed by atoms with E-state index in [2.05, 4.69) is 20.0 Å². The second-order valence-corrected chi connectivity index (χ2v) is 7.67. The molecule has 2 N–H and O–H groups in total. The molecule has 2 aromatic carbocycles. The Morgan fingerprint density at radius 1 is 1.25 bits per heavy atom. The zero-order valence-corrected chi connectivity index (χ0v) is 15.0. The molecular formula is C16H12N4O7S. The van der Waals surface area contributed by atoms with Gasteiger partial charge in [0.05, 0.1) is 4.92 Å². The van der Waals surface area contributed by atoms with E-state index < -0.39 is 37.0 Å². The first-order valence-corrected chi connectivity index (χ1v) is 9.50. The second kappa shape index (κ2) is 7.08. The van der Waals surface area contributed by atoms with Gasteiger partial charge in [-0.25, -0.2) is 13.2 Å². The van der Waals surface area contributed by atoms with E-state index in [9.17, 15) is 28.1 Å². The van der Waals surface area contributed by atoms with Crippen molar-refractivity contribution in [1.82, 2.24) is 10.1 Å². The van der Waals surface area contributed by atoms with Gasteiger partial charge in [0.2, 0.25) is 0 Å². The second-order valence-electron chi connectivity index (χ2n) is 5.69. The van der Waals surface area contributed by atoms with Crippen LogP contribution in [-0.2, 0) is 9.84 Å². The lowest BCUT2D eigenvalue weighted by atomic mass is 10.1. The van der Waals surface area contributed by atoms with Gasteiger partial charge >= 0.3 is 5.76 Å². The summed E-state index contributed by atoms with van der Waals surface area (Å²) in [6.07, 6.45) is 0.842. The van der Waals surface area contributed by atoms with Gasteiger partial charge < -0.3 is 5.32 Å². The summed E-state index contributed by atoms with van der Waals surface area (Å²) < 4.78 is 27.7. The number of nitrogens with zero attached hydrogens (tertiary/aromatic N) is 2. The largest absolute Gasteiger partial charge is 0.439 e. The number of nitro benzene ring substituents is 1. The fourth-order valence-electron chi connectivity index (χ4n) is 2.42. The Balaban J connectivity index is 1.90. The predicted octanol–water partition coefficient (Wildman–Crippen LogP) is 1.59. The van der Waals surface area contributed by atoms with Crippen molar-refractivity contribution < 1.29 is 22.7 Å². The van der Waals surface area contributed by atoms with E-state index in [0.29, 0.717) is 11.3 Å². The normalized spacial score (nSPS) is 11.2. The molecule has 0 atom stereocenters. The minimum absolute atomic E-state index is 0.0978. The maximum absolute atomic E-state index is 12.4. The average Bonchev–Trinajstić information content (AvgIpc) is 3.07. The zero-order valence-electron chi connectivity index (χ0n) is 14.2. The molecule has 0 fully saturated rings. The number of sulfone groups is 1. The number of anilines is 1. The Morgan fingerprint density at radius 3 is 2.61 bits per heavy atom. The van der Waals surface area contributed by atoms with Gasteiger partial charge in [-0.05, 0) is 24.3 Å². The highest BCUT2D eigenvalue weighted by molar-refractivity contribution is 7.90. The molecule has 0 unspecified atom stereocenters. The SMILES string of the molecule is CS(=O)(=O)c1ccc(C(=O)Nc2cccc(-c3noc(=O)[nH]3)c2)cc1[N+](=O)[O-]. The summed E-state index contributed by atoms with van der Waals surface area (Å²) in [5, 5.41) is 17.2. The number of nitro groups is 1. The van der Waals surface area contributed by atoms with Crippen molar-refractivity contribution >= 4 is 27.1 Å². The van der Waals surface area contributed by atoms with Crippen LogP contribution < -0.4 is 11.1 Å². The van der Waals surface area contributed by atoms with Gasteiger partial charge in [-0.15, -0.1) is 0 Å². The van der Waals surface area contributed by atoms with Crippen molar-refractivity contribution in [3.63, 3.8) is 0 Å². The molecule has 0 saturated heterocycles. The molecule has 0 aliphatic rings. The van der Waals surface area contributed by atoms with Crippen LogP contribution in [0.15, 0.2) is 56.7 Å². The van der Waals surface area contributed by atoms with Crippen molar-refractivity contribution in [2.75, 3.05) is 11.6 Å². The van der Waals surface area contributed by atoms with E-state index in [1.54, 1.807) is 18.2 Å². The van der Waals surface area contributed by atoms with Crippen LogP contribution in [0.2, 0.25) is 0 Å². The molecule has 1 heterocycles. The molecule has 1 aromatic heterocycles. The van der Waals surface area contributed by atoms with E-state index in [1.165, 1.54) is 12.1 Å². The van der Waals surface area contributed by atoms with Crippen LogP contribution in [0, 0.1) is 10.1 Å². The summed E-state index contributed by atoms with van der Waals surface area (Å²) in [4.78, 5) is 35.7. The number of hydrogen-bond donors (Lipinski definition) is 2. The third-order valence-electron chi connectivity index (χ3n) is 3.65. The summed E-state index contributed by atoms with van der Waals surface area (Å²) in [5.41, 5.74) is -0.00772. The van der Waals surface area contributed by atoms with Crippen molar-refractivity contribution in [2.45, 2.75) is 4.90 Å². The van der Waals surface area contributed by atoms with Crippen LogP contribution in [0.25, 0.3) is 11.4 Å². The van der Waals surface area contributed by atoms with Crippen LogP contribution in [0.5, 0.6) is 0 Å². The van der Waals surface area contributed by atoms with Gasteiger partial charge in [0.25, 0.3) is 11.6 Å². The Hall–Kier alpha value is -3.80. The molecule has 0 radical (unpaired) electrons. The molecule has 28 heavy (non-hydrogen) atoms. The molecule has 12 heteroatoms. The van der Waals surface area contributed by atoms with Crippen LogP contribution in [0.1, 0.15) is 10.4 Å². The molecule has 3 rings (SSSR count). The van der Waals surface area contributed by atoms with Gasteiger partial charge in [-0.3, -0.25) is 24.4 Å². The first kappa shape index (κ1) is 19.0. The van der Waals surface area contributed by atoms with E-state index in [4.69, 9.17) is 0 Å². The number of amides is 1. The monoisotopic (exact) mass is 404 g/mol. The van der Waals surface area contributed by atoms with Gasteiger partial charge in [-0.1, -0.05) is 17.3 Å². The van der Waals surface area contributed by atoms with Gasteiger partial charge in [-0.2, -0.15) is 0 Å². The van der Waals surface area contributed by atoms with Crippen molar-refractivity contribution in [3.05, 3.63) is 68.7 Å². The molecule has 0 aliphatic carbocycles. The smallest absolute Gasteiger partial charge is 0.322 e. The number of aromatic amines is 1. The van der Waals surface area contributed by atoms with Gasteiger partial charge in [0, 0.05) is 29.1 Å². The number of H-pyrrole nitrogens is 1. The first-order chi connectivity index (χ1) is 13.1. The quantitative estimate of drug-likeness (QED) is 0.478. The maximum atomic E-state index is 12.4. The van der Waals surface area contributed by atoms with E-state index >= 15 is 0 Å². The number of nitrogens with one attached hydrogen (secondary N) is 2. The molecule has 0 bridgehead atoms. The topological polar surface area (TPSA) is 165 Å². The number of benzene rings is 2. The first-order valence-electron chi connectivity index (χ1n) is 7.61. The van der Waals surface area contributed by atoms with Crippen LogP contribution in [-0.4, -0.2) is 35.6 Å². The molecule has 11 nitrogen and oxygen atoms in total. The average molecular weight is 404 g/mol. The highest BCUT2D eigenvalue weighted by Gasteiger charge is 2.24. The maximum Gasteiger partial charge on any atom is 0.439 e. The molecule has 0 aliphatic heterocycles. The standard InChI is InChI=1S/C16H12N4O7S/c1-28(25,26)13-6-5-10(8-12(13)20(23)24)15(21)17-11-4-2-3-9(7-11)14-18-16(22)27-19-14/h2-8H,1H3,(H,17,21)(H,18,19,22). The number of aromatic nitrogens is 2. The number of carbonyl (C=O) groups is 1. The molecule has 144 valence electrons. The summed E-state index contributed by atoms with van der Waals surface area (Å²) in [7, 11) is -3.83. The molecule has 1 amide bonds. The van der Waals surface area contributed by atoms with Crippen molar-refractivity contribution in [2.24, 2.45) is 0 Å². The number of hydrogen-bond acceptors (Lipinski definition) is 8. The van der Waals surface area contributed by atoms with Gasteiger partial charge in [0.1, 0.15) is 4.90 Å². The number of rotatable bonds is 5. The molecular weight excluding hydrogens is 392 g/mol. The summed E-state index contributed by atoms with van der Waals surface area (Å²) >= 11 is 0. The summed E-state index contributed by atoms with van der Waals surface area (Å²) in [5.74, 6) is -1.26. The highest BCUT2D eigenvalue weighted by Crippen LogP contribution is 2.26. The Kier molecular flexibility index (Phi) is 4.79. The van der Waals surface area contributed by atoms with Gasteiger partial charge in [0.15, 0.2) is 15.7 Å². The zero-order chi connectivity index (χ0) is 20.5. The summed E-state index contributed by atoms with van der Waals surface area (Å²) in [6.45, 7) is 0. The lowest BCUT2D eigenvalue weighted by molar-refractivity contribution is -0.387. The summed E-state index contributed by atoms with van der Waals surface area (Å²) in [6, 6.07) is 9.35. The highest BCUT2D eigenvalue weighted by atomic mass is 32.2. The Morgan fingerprint density at radius 2 is 2.00 bits per heavy atom. The fraction of sp³-hybridized carbons (Fsp3) is 0.0625. The third kappa shape index (κ3) is 3.96. The van der Waals surface area contributed by atoms with Crippen LogP contribution in [0.4, 0.5) is 11.4 Å². The van der Waals surface area contributed by atoms with Crippen LogP contribution in [0.3, 0.4) is 0 Å². The van der Waals surface area contributed by atoms with Crippen molar-refractivity contribution in [3.8, 4) is 11.4 Å². The van der Waals surface area contributed by atoms with E-state index in [1.807, 2.05) is 0 Å². The Labute approximate surface area is 157 Å². The Bertz CT molecular complexity index is 1240. The van der Waals surface area contributed by atoms with E-state index in [0.717, 1.165) is 18.4 Å². The van der Waals surface area contributed by atoms with Crippen molar-refractivity contribution in [1.29, 1.82) is 0 Å². The lowest BCUT2D eigenvalue weighted by Gasteiger charge is -2.07. The van der Waals surface area contributed by atoms with Crippen LogP contribution >= 0.6 is 0 Å². The fourth-order valence-corrected chi connectivity index (χ4v) is 3.25. The third-order valence-corrected chi connectivity index (χ3v) is 4.80. The minimum Gasteiger partial charge on any atom is -0.322 e. The minimum atomic E-state index is -3.83. The molecule has 0 saturated carbocycles. The van der Waals surface area contributed by atoms with E-state index in [-0.39, 0.29) is 11.4 Å². The molecule has 3 aromatic rings. The lowest BCUT2D eigenvalue weighted by Crippen LogP contribution is -2.13. The molecule has 0 spiro atoms. The predicted molar refractivity (Wildman–Crippen MR) is 96.7 cm³/mol.